The molecule has 0 amide bonds. The summed E-state index contributed by atoms with van der Waals surface area (Å²) in [7, 11) is 3.90. The number of rotatable bonds is 5. The van der Waals surface area contributed by atoms with Crippen LogP contribution in [0.4, 0.5) is 0 Å². The van der Waals surface area contributed by atoms with Crippen molar-refractivity contribution in [1.82, 2.24) is 4.90 Å². The van der Waals surface area contributed by atoms with Gasteiger partial charge in [-0.2, -0.15) is 0 Å². The summed E-state index contributed by atoms with van der Waals surface area (Å²) in [6.07, 6.45) is 0.554. The van der Waals surface area contributed by atoms with Gasteiger partial charge in [-0.3, -0.25) is 4.79 Å². The number of halogens is 2. The molecule has 0 spiro atoms. The molecule has 6 heteroatoms. The van der Waals surface area contributed by atoms with Crippen LogP contribution >= 0.6 is 24.0 Å². The molecule has 0 aliphatic carbocycles. The van der Waals surface area contributed by atoms with Gasteiger partial charge >= 0.3 is 5.97 Å². The Morgan fingerprint density at radius 2 is 2.00 bits per heavy atom. The molecule has 0 N–H and O–H groups in total. The number of ether oxygens (including phenoxy) is 2. The van der Waals surface area contributed by atoms with Crippen LogP contribution in [0.5, 0.6) is 5.75 Å². The quantitative estimate of drug-likeness (QED) is 0.782. The van der Waals surface area contributed by atoms with Crippen molar-refractivity contribution in [3.8, 4) is 5.75 Å². The first kappa shape index (κ1) is 17.1. The van der Waals surface area contributed by atoms with E-state index in [1.807, 2.05) is 19.0 Å². The van der Waals surface area contributed by atoms with E-state index in [0.29, 0.717) is 18.1 Å². The van der Waals surface area contributed by atoms with Crippen molar-refractivity contribution in [2.45, 2.75) is 12.5 Å². The van der Waals surface area contributed by atoms with E-state index in [2.05, 4.69) is 0 Å². The second-order valence-electron chi connectivity index (χ2n) is 5.02. The Kier molecular flexibility index (Phi) is 6.59. The molecule has 1 aromatic carbocycles. The first-order valence-corrected chi connectivity index (χ1v) is 6.66. The predicted molar refractivity (Wildman–Crippen MR) is 80.7 cm³/mol. The molecule has 1 saturated heterocycles. The van der Waals surface area contributed by atoms with Crippen LogP contribution in [0.1, 0.15) is 6.42 Å². The lowest BCUT2D eigenvalue weighted by atomic mass is 10.1. The van der Waals surface area contributed by atoms with Gasteiger partial charge in [0.05, 0.1) is 5.92 Å². The molecule has 4 nitrogen and oxygen atoms in total. The van der Waals surface area contributed by atoms with Gasteiger partial charge in [-0.15, -0.1) is 12.4 Å². The average Bonchev–Trinajstić information content (AvgIpc) is 2.69. The Hall–Kier alpha value is -0.970. The Morgan fingerprint density at radius 3 is 2.60 bits per heavy atom. The topological polar surface area (TPSA) is 38.8 Å². The van der Waals surface area contributed by atoms with Gasteiger partial charge in [0.15, 0.2) is 0 Å². The van der Waals surface area contributed by atoms with Gasteiger partial charge in [0.25, 0.3) is 0 Å². The minimum absolute atomic E-state index is 0. The largest absolute Gasteiger partial charge is 0.490 e. The van der Waals surface area contributed by atoms with E-state index in [1.165, 1.54) is 0 Å². The zero-order chi connectivity index (χ0) is 13.8. The summed E-state index contributed by atoms with van der Waals surface area (Å²) in [4.78, 5) is 13.6. The minimum Gasteiger partial charge on any atom is -0.490 e. The second-order valence-corrected chi connectivity index (χ2v) is 5.46. The molecule has 1 heterocycles. The number of esters is 1. The van der Waals surface area contributed by atoms with Crippen LogP contribution in [-0.4, -0.2) is 44.2 Å². The third kappa shape index (κ3) is 4.85. The third-order valence-corrected chi connectivity index (χ3v) is 3.25. The predicted octanol–water partition coefficient (Wildman–Crippen LogP) is 2.63. The number of carbonyl (C=O) groups is 1. The zero-order valence-corrected chi connectivity index (χ0v) is 13.1. The molecule has 2 unspecified atom stereocenters. The Bertz CT molecular complexity index is 437. The molecule has 20 heavy (non-hydrogen) atoms. The van der Waals surface area contributed by atoms with E-state index in [9.17, 15) is 4.79 Å². The van der Waals surface area contributed by atoms with Crippen LogP contribution in [-0.2, 0) is 9.53 Å². The third-order valence-electron chi connectivity index (χ3n) is 3.00. The van der Waals surface area contributed by atoms with Gasteiger partial charge in [0.1, 0.15) is 18.5 Å². The van der Waals surface area contributed by atoms with Crippen LogP contribution in [0, 0.1) is 5.92 Å². The Labute approximate surface area is 130 Å². The van der Waals surface area contributed by atoms with Crippen molar-refractivity contribution in [3.05, 3.63) is 29.3 Å². The molecule has 112 valence electrons. The molecule has 0 saturated carbocycles. The van der Waals surface area contributed by atoms with Gasteiger partial charge in [-0.1, -0.05) is 11.6 Å². The maximum Gasteiger partial charge on any atom is 0.310 e. The normalized spacial score (nSPS) is 21.5. The highest BCUT2D eigenvalue weighted by Gasteiger charge is 2.34. The van der Waals surface area contributed by atoms with E-state index in [4.69, 9.17) is 21.1 Å². The van der Waals surface area contributed by atoms with Crippen LogP contribution in [0.3, 0.4) is 0 Å². The van der Waals surface area contributed by atoms with E-state index in [0.717, 1.165) is 12.3 Å². The first-order valence-electron chi connectivity index (χ1n) is 6.28. The lowest BCUT2D eigenvalue weighted by Gasteiger charge is -2.12. The van der Waals surface area contributed by atoms with E-state index < -0.39 is 0 Å². The van der Waals surface area contributed by atoms with Crippen molar-refractivity contribution < 1.29 is 14.3 Å². The molecule has 2 atom stereocenters. The highest BCUT2D eigenvalue weighted by atomic mass is 35.5. The standard InChI is InChI=1S/C14H18ClNO3.ClH/c1-16(2)8-10-7-13(19-14(10)17)9-18-12-5-3-11(15)4-6-12;/h3-6,10,13H,7-9H2,1-2H3;1H. The van der Waals surface area contributed by atoms with Gasteiger partial charge < -0.3 is 14.4 Å². The minimum atomic E-state index is -0.159. The molecule has 1 fully saturated rings. The van der Waals surface area contributed by atoms with Gasteiger partial charge in [0, 0.05) is 18.0 Å². The van der Waals surface area contributed by atoms with Crippen molar-refractivity contribution in [1.29, 1.82) is 0 Å². The summed E-state index contributed by atoms with van der Waals surface area (Å²) >= 11 is 5.80. The van der Waals surface area contributed by atoms with Crippen LogP contribution in [0.15, 0.2) is 24.3 Å². The number of carbonyl (C=O) groups excluding carboxylic acids is 1. The summed E-state index contributed by atoms with van der Waals surface area (Å²) in [5, 5.41) is 0.672. The smallest absolute Gasteiger partial charge is 0.310 e. The van der Waals surface area contributed by atoms with Crippen molar-refractivity contribution in [2.75, 3.05) is 27.2 Å². The van der Waals surface area contributed by atoms with Gasteiger partial charge in [0.2, 0.25) is 0 Å². The van der Waals surface area contributed by atoms with E-state index >= 15 is 0 Å². The molecule has 0 bridgehead atoms. The Morgan fingerprint density at radius 1 is 1.35 bits per heavy atom. The molecule has 0 radical (unpaired) electrons. The lowest BCUT2D eigenvalue weighted by molar-refractivity contribution is -0.145. The van der Waals surface area contributed by atoms with E-state index in [-0.39, 0.29) is 30.4 Å². The molecule has 1 aliphatic rings. The summed E-state index contributed by atoms with van der Waals surface area (Å²) < 4.78 is 10.9. The fraction of sp³-hybridized carbons (Fsp3) is 0.500. The number of benzene rings is 1. The van der Waals surface area contributed by atoms with E-state index in [1.54, 1.807) is 24.3 Å². The van der Waals surface area contributed by atoms with Crippen molar-refractivity contribution >= 4 is 30.0 Å². The Balaban J connectivity index is 0.00000200. The molecule has 0 aromatic heterocycles. The summed E-state index contributed by atoms with van der Waals surface area (Å²) in [6.45, 7) is 1.10. The summed E-state index contributed by atoms with van der Waals surface area (Å²) in [5.41, 5.74) is 0. The molecular weight excluding hydrogens is 301 g/mol. The van der Waals surface area contributed by atoms with Crippen LogP contribution in [0.2, 0.25) is 5.02 Å². The molecular formula is C14H19Cl2NO3. The number of nitrogens with zero attached hydrogens (tertiary/aromatic N) is 1. The monoisotopic (exact) mass is 319 g/mol. The second kappa shape index (κ2) is 7.72. The van der Waals surface area contributed by atoms with Crippen LogP contribution in [0.25, 0.3) is 0 Å². The zero-order valence-electron chi connectivity index (χ0n) is 11.5. The lowest BCUT2D eigenvalue weighted by Crippen LogP contribution is -2.24. The molecule has 1 aromatic rings. The number of hydrogen-bond donors (Lipinski definition) is 0. The van der Waals surface area contributed by atoms with Gasteiger partial charge in [-0.25, -0.2) is 0 Å². The fourth-order valence-electron chi connectivity index (χ4n) is 2.13. The van der Waals surface area contributed by atoms with Crippen LogP contribution < -0.4 is 4.74 Å². The highest BCUT2D eigenvalue weighted by Crippen LogP contribution is 2.23. The summed E-state index contributed by atoms with van der Waals surface area (Å²) in [5.74, 6) is 0.559. The maximum atomic E-state index is 11.7. The summed E-state index contributed by atoms with van der Waals surface area (Å²) in [6, 6.07) is 7.14. The average molecular weight is 320 g/mol. The number of cyclic esters (lactones) is 1. The first-order chi connectivity index (χ1) is 9.04. The maximum absolute atomic E-state index is 11.7. The van der Waals surface area contributed by atoms with Crippen molar-refractivity contribution in [2.24, 2.45) is 5.92 Å². The van der Waals surface area contributed by atoms with Gasteiger partial charge in [-0.05, 0) is 38.4 Å². The molecule has 2 rings (SSSR count). The number of hydrogen-bond acceptors (Lipinski definition) is 4. The highest BCUT2D eigenvalue weighted by molar-refractivity contribution is 6.30. The SMILES string of the molecule is CN(C)CC1CC(COc2ccc(Cl)cc2)OC1=O.Cl. The molecule has 1 aliphatic heterocycles. The van der Waals surface area contributed by atoms with Crippen molar-refractivity contribution in [3.63, 3.8) is 0 Å². The fourth-order valence-corrected chi connectivity index (χ4v) is 2.26.